The predicted octanol–water partition coefficient (Wildman–Crippen LogP) is 0.0242. The number of carboxylic acid groups (broad SMARTS) is 1. The highest BCUT2D eigenvalue weighted by atomic mass is 16.5. The molecule has 1 aliphatic heterocycles. The number of nitrogens with zero attached hydrogens (tertiary/aromatic N) is 4. The maximum Gasteiger partial charge on any atom is 0.311 e. The van der Waals surface area contributed by atoms with Gasteiger partial charge in [0.2, 0.25) is 5.95 Å². The number of carboxylic acids is 1. The molecular formula is C11H16N4O3. The molecule has 0 spiro atoms. The molecule has 2 heterocycles. The Morgan fingerprint density at radius 3 is 2.67 bits per heavy atom. The molecule has 18 heavy (non-hydrogen) atoms. The van der Waals surface area contributed by atoms with Crippen molar-refractivity contribution in [2.24, 2.45) is 5.92 Å². The van der Waals surface area contributed by atoms with Crippen LogP contribution in [0.5, 0.6) is 0 Å². The SMILES string of the molecule is Cc1nnc(N(C)C2COCC2C(=O)O)nc1C. The average Bonchev–Trinajstić information content (AvgIpc) is 2.81. The summed E-state index contributed by atoms with van der Waals surface area (Å²) in [6, 6.07) is -0.258. The molecule has 1 fully saturated rings. The average molecular weight is 252 g/mol. The van der Waals surface area contributed by atoms with Crippen LogP contribution < -0.4 is 4.90 Å². The zero-order chi connectivity index (χ0) is 13.3. The van der Waals surface area contributed by atoms with E-state index in [-0.39, 0.29) is 12.6 Å². The predicted molar refractivity (Wildman–Crippen MR) is 63.4 cm³/mol. The van der Waals surface area contributed by atoms with Crippen LogP contribution in [0.4, 0.5) is 5.95 Å². The Bertz CT molecular complexity index is 466. The molecule has 0 bridgehead atoms. The number of aryl methyl sites for hydroxylation is 2. The molecule has 0 aromatic carbocycles. The molecule has 1 saturated heterocycles. The van der Waals surface area contributed by atoms with Crippen molar-refractivity contribution in [3.63, 3.8) is 0 Å². The summed E-state index contributed by atoms with van der Waals surface area (Å²) in [4.78, 5) is 17.1. The van der Waals surface area contributed by atoms with Crippen LogP contribution in [0.15, 0.2) is 0 Å². The number of rotatable bonds is 3. The highest BCUT2D eigenvalue weighted by Crippen LogP contribution is 2.22. The molecule has 2 atom stereocenters. The molecular weight excluding hydrogens is 236 g/mol. The lowest BCUT2D eigenvalue weighted by Crippen LogP contribution is -2.41. The molecule has 0 aliphatic carbocycles. The number of hydrogen-bond donors (Lipinski definition) is 1. The molecule has 98 valence electrons. The third kappa shape index (κ3) is 2.26. The molecule has 1 N–H and O–H groups in total. The summed E-state index contributed by atoms with van der Waals surface area (Å²) in [5.41, 5.74) is 1.56. The minimum absolute atomic E-state index is 0.225. The molecule has 7 nitrogen and oxygen atoms in total. The number of aliphatic carboxylic acids is 1. The zero-order valence-corrected chi connectivity index (χ0v) is 10.6. The van der Waals surface area contributed by atoms with Gasteiger partial charge in [-0.3, -0.25) is 4.79 Å². The maximum atomic E-state index is 11.1. The lowest BCUT2D eigenvalue weighted by Gasteiger charge is -2.25. The largest absolute Gasteiger partial charge is 0.481 e. The third-order valence-electron chi connectivity index (χ3n) is 3.26. The van der Waals surface area contributed by atoms with Gasteiger partial charge in [0.25, 0.3) is 0 Å². The second-order valence-corrected chi connectivity index (χ2v) is 4.44. The summed E-state index contributed by atoms with van der Waals surface area (Å²) in [5.74, 6) is -0.985. The van der Waals surface area contributed by atoms with E-state index in [1.807, 2.05) is 13.8 Å². The summed E-state index contributed by atoms with van der Waals surface area (Å²) in [6.45, 7) is 4.27. The molecule has 0 radical (unpaired) electrons. The van der Waals surface area contributed by atoms with Gasteiger partial charge in [-0.2, -0.15) is 5.10 Å². The molecule has 1 aliphatic rings. The van der Waals surface area contributed by atoms with Gasteiger partial charge in [-0.1, -0.05) is 0 Å². The van der Waals surface area contributed by atoms with Crippen molar-refractivity contribution in [3.05, 3.63) is 11.4 Å². The van der Waals surface area contributed by atoms with Crippen LogP contribution in [0.1, 0.15) is 11.4 Å². The number of hydrogen-bond acceptors (Lipinski definition) is 6. The van der Waals surface area contributed by atoms with Crippen molar-refractivity contribution in [1.82, 2.24) is 15.2 Å². The minimum atomic E-state index is -0.860. The summed E-state index contributed by atoms with van der Waals surface area (Å²) in [7, 11) is 1.76. The van der Waals surface area contributed by atoms with E-state index < -0.39 is 11.9 Å². The van der Waals surface area contributed by atoms with Gasteiger partial charge in [0.05, 0.1) is 30.6 Å². The number of ether oxygens (including phenoxy) is 1. The molecule has 1 aromatic heterocycles. The topological polar surface area (TPSA) is 88.4 Å². The van der Waals surface area contributed by atoms with Crippen molar-refractivity contribution >= 4 is 11.9 Å². The fourth-order valence-electron chi connectivity index (χ4n) is 1.90. The molecule has 2 rings (SSSR count). The summed E-state index contributed by atoms with van der Waals surface area (Å²) >= 11 is 0. The van der Waals surface area contributed by atoms with Crippen LogP contribution in [0.2, 0.25) is 0 Å². The van der Waals surface area contributed by atoms with Crippen LogP contribution in [-0.2, 0) is 9.53 Å². The van der Waals surface area contributed by atoms with Crippen LogP contribution in [0, 0.1) is 19.8 Å². The monoisotopic (exact) mass is 252 g/mol. The van der Waals surface area contributed by atoms with E-state index in [4.69, 9.17) is 9.84 Å². The zero-order valence-electron chi connectivity index (χ0n) is 10.6. The number of aromatic nitrogens is 3. The van der Waals surface area contributed by atoms with E-state index in [2.05, 4.69) is 15.2 Å². The quantitative estimate of drug-likeness (QED) is 0.811. The summed E-state index contributed by atoms with van der Waals surface area (Å²) in [5, 5.41) is 17.1. The Morgan fingerprint density at radius 2 is 2.06 bits per heavy atom. The molecule has 7 heteroatoms. The Morgan fingerprint density at radius 1 is 1.33 bits per heavy atom. The van der Waals surface area contributed by atoms with Crippen molar-refractivity contribution in [2.75, 3.05) is 25.2 Å². The lowest BCUT2D eigenvalue weighted by atomic mass is 10.0. The van der Waals surface area contributed by atoms with Crippen LogP contribution in [-0.4, -0.2) is 52.6 Å². The highest BCUT2D eigenvalue weighted by molar-refractivity contribution is 5.72. The molecule has 1 aromatic rings. The van der Waals surface area contributed by atoms with Gasteiger partial charge in [0.15, 0.2) is 0 Å². The van der Waals surface area contributed by atoms with Crippen LogP contribution in [0.25, 0.3) is 0 Å². The second kappa shape index (κ2) is 4.85. The molecule has 0 amide bonds. The van der Waals surface area contributed by atoms with E-state index in [1.165, 1.54) is 0 Å². The fourth-order valence-corrected chi connectivity index (χ4v) is 1.90. The first-order chi connectivity index (χ1) is 8.50. The Kier molecular flexibility index (Phi) is 3.42. The smallest absolute Gasteiger partial charge is 0.311 e. The normalized spacial score (nSPS) is 23.1. The van der Waals surface area contributed by atoms with Gasteiger partial charge in [0, 0.05) is 7.05 Å². The van der Waals surface area contributed by atoms with Crippen LogP contribution >= 0.6 is 0 Å². The Hall–Kier alpha value is -1.76. The first kappa shape index (κ1) is 12.7. The summed E-state index contributed by atoms with van der Waals surface area (Å²) < 4.78 is 5.23. The van der Waals surface area contributed by atoms with Crippen molar-refractivity contribution in [3.8, 4) is 0 Å². The van der Waals surface area contributed by atoms with Crippen molar-refractivity contribution in [1.29, 1.82) is 0 Å². The maximum absolute atomic E-state index is 11.1. The Labute approximate surface area is 105 Å². The van der Waals surface area contributed by atoms with E-state index >= 15 is 0 Å². The van der Waals surface area contributed by atoms with E-state index in [1.54, 1.807) is 11.9 Å². The standard InChI is InChI=1S/C11H16N4O3/c1-6-7(2)13-14-11(12-6)15(3)9-5-18-4-8(9)10(16)17/h8-9H,4-5H2,1-3H3,(H,16,17). The number of anilines is 1. The van der Waals surface area contributed by atoms with Gasteiger partial charge in [-0.25, -0.2) is 4.98 Å². The fraction of sp³-hybridized carbons (Fsp3) is 0.636. The molecule has 0 saturated carbocycles. The first-order valence-electron chi connectivity index (χ1n) is 5.72. The van der Waals surface area contributed by atoms with Gasteiger partial charge in [-0.15, -0.1) is 5.10 Å². The third-order valence-corrected chi connectivity index (χ3v) is 3.26. The van der Waals surface area contributed by atoms with Gasteiger partial charge < -0.3 is 14.7 Å². The first-order valence-corrected chi connectivity index (χ1v) is 5.72. The van der Waals surface area contributed by atoms with E-state index in [0.29, 0.717) is 12.6 Å². The summed E-state index contributed by atoms with van der Waals surface area (Å²) in [6.07, 6.45) is 0. The lowest BCUT2D eigenvalue weighted by molar-refractivity contribution is -0.141. The Balaban J connectivity index is 2.22. The van der Waals surface area contributed by atoms with Gasteiger partial charge in [0.1, 0.15) is 5.92 Å². The number of carbonyl (C=O) groups is 1. The van der Waals surface area contributed by atoms with E-state index in [9.17, 15) is 4.79 Å². The number of likely N-dealkylation sites (N-methyl/N-ethyl adjacent to an activating group) is 1. The highest BCUT2D eigenvalue weighted by Gasteiger charge is 2.37. The van der Waals surface area contributed by atoms with E-state index in [0.717, 1.165) is 11.4 Å². The second-order valence-electron chi connectivity index (χ2n) is 4.44. The van der Waals surface area contributed by atoms with Crippen molar-refractivity contribution in [2.45, 2.75) is 19.9 Å². The van der Waals surface area contributed by atoms with Gasteiger partial charge in [-0.05, 0) is 13.8 Å². The molecule has 2 unspecified atom stereocenters. The minimum Gasteiger partial charge on any atom is -0.481 e. The van der Waals surface area contributed by atoms with Crippen LogP contribution in [0.3, 0.4) is 0 Å². The van der Waals surface area contributed by atoms with Gasteiger partial charge >= 0.3 is 5.97 Å². The van der Waals surface area contributed by atoms with Crippen molar-refractivity contribution < 1.29 is 14.6 Å².